The molecule has 0 N–H and O–H groups in total. The molecule has 2 saturated carbocycles. The van der Waals surface area contributed by atoms with Gasteiger partial charge in [0, 0.05) is 31.1 Å². The minimum absolute atomic E-state index is 0.549. The molecule has 0 atom stereocenters. The molecule has 0 saturated heterocycles. The monoisotopic (exact) mass is 392 g/mol. The molecule has 26 heavy (non-hydrogen) atoms. The molecule has 0 radical (unpaired) electrons. The predicted octanol–water partition coefficient (Wildman–Crippen LogP) is 4.93. The number of hydrogen-bond donors (Lipinski definition) is 0. The Morgan fingerprint density at radius 3 is 2.69 bits per heavy atom. The third-order valence-electron chi connectivity index (χ3n) is 6.09. The van der Waals surface area contributed by atoms with Gasteiger partial charge in [-0.3, -0.25) is 9.98 Å². The molecular weight excluding hydrogens is 360 g/mol. The Hall–Kier alpha value is -0.620. The number of hydrogen-bond acceptors (Lipinski definition) is 5. The third kappa shape index (κ3) is 4.44. The largest absolute Gasteiger partial charge is 0.352 e. The van der Waals surface area contributed by atoms with E-state index in [1.807, 2.05) is 11.8 Å². The highest BCUT2D eigenvalue weighted by atomic mass is 32.2. The number of amidine groups is 2. The summed E-state index contributed by atoms with van der Waals surface area (Å²) in [5, 5.41) is 4.79. The van der Waals surface area contributed by atoms with Crippen molar-refractivity contribution in [2.45, 2.75) is 76.3 Å². The van der Waals surface area contributed by atoms with E-state index < -0.39 is 0 Å². The highest BCUT2D eigenvalue weighted by Crippen LogP contribution is 2.33. The van der Waals surface area contributed by atoms with Gasteiger partial charge in [0.2, 0.25) is 0 Å². The number of thioether (sulfide) groups is 2. The van der Waals surface area contributed by atoms with Gasteiger partial charge in [0.1, 0.15) is 0 Å². The van der Waals surface area contributed by atoms with E-state index >= 15 is 0 Å². The molecule has 0 amide bonds. The Bertz CT molecular complexity index is 574. The molecule has 4 rings (SSSR count). The summed E-state index contributed by atoms with van der Waals surface area (Å²) in [7, 11) is 2.30. The van der Waals surface area contributed by atoms with E-state index in [4.69, 9.17) is 4.99 Å². The lowest BCUT2D eigenvalue weighted by molar-refractivity contribution is 0.280. The third-order valence-corrected chi connectivity index (χ3v) is 8.13. The summed E-state index contributed by atoms with van der Waals surface area (Å²) in [5.74, 6) is 1.02. The molecule has 0 aromatic rings. The molecule has 0 bridgehead atoms. The molecule has 4 aliphatic rings. The summed E-state index contributed by atoms with van der Waals surface area (Å²) < 4.78 is 0. The smallest absolute Gasteiger partial charge is 0.167 e. The summed E-state index contributed by atoms with van der Waals surface area (Å²) in [6.45, 7) is 2.01. The van der Waals surface area contributed by atoms with Crippen molar-refractivity contribution in [2.24, 2.45) is 9.98 Å². The molecule has 0 aromatic carbocycles. The van der Waals surface area contributed by atoms with Gasteiger partial charge in [-0.25, -0.2) is 0 Å². The van der Waals surface area contributed by atoms with E-state index in [9.17, 15) is 0 Å². The van der Waals surface area contributed by atoms with Crippen LogP contribution < -0.4 is 0 Å². The molecule has 0 spiro atoms. The summed E-state index contributed by atoms with van der Waals surface area (Å²) in [5.41, 5.74) is 1.42. The van der Waals surface area contributed by atoms with Crippen molar-refractivity contribution in [1.82, 2.24) is 9.80 Å². The topological polar surface area (TPSA) is 31.2 Å². The van der Waals surface area contributed by atoms with Gasteiger partial charge >= 0.3 is 0 Å². The second-order valence-corrected chi connectivity index (χ2v) is 9.72. The maximum Gasteiger partial charge on any atom is 0.167 e. The van der Waals surface area contributed by atoms with Crippen molar-refractivity contribution in [2.75, 3.05) is 25.9 Å². The first-order valence-electron chi connectivity index (χ1n) is 10.4. The number of nitrogens with zero attached hydrogens (tertiary/aromatic N) is 4. The van der Waals surface area contributed by atoms with E-state index in [1.165, 1.54) is 80.2 Å². The zero-order valence-electron chi connectivity index (χ0n) is 16.0. The zero-order valence-corrected chi connectivity index (χ0v) is 17.7. The highest BCUT2D eigenvalue weighted by Gasteiger charge is 2.28. The van der Waals surface area contributed by atoms with Gasteiger partial charge in [0.25, 0.3) is 0 Å². The molecule has 4 nitrogen and oxygen atoms in total. The molecule has 144 valence electrons. The van der Waals surface area contributed by atoms with Gasteiger partial charge in [-0.15, -0.1) is 0 Å². The Labute approximate surface area is 167 Å². The number of aliphatic imine (C=N–C) groups is 2. The summed E-state index contributed by atoms with van der Waals surface area (Å²) in [6.07, 6.45) is 13.5. The van der Waals surface area contributed by atoms with Crippen LogP contribution in [0.2, 0.25) is 0 Å². The van der Waals surface area contributed by atoms with Crippen LogP contribution in [0.3, 0.4) is 0 Å². The fraction of sp³-hybridized carbons (Fsp3) is 0.800. The Kier molecular flexibility index (Phi) is 6.52. The number of fused-ring (bicyclic) bond motifs is 1. The van der Waals surface area contributed by atoms with Crippen molar-refractivity contribution in [3.8, 4) is 0 Å². The average molecular weight is 393 g/mol. The van der Waals surface area contributed by atoms with Crippen LogP contribution in [-0.4, -0.2) is 58.1 Å². The fourth-order valence-corrected chi connectivity index (χ4v) is 6.60. The normalized spacial score (nSPS) is 25.3. The minimum Gasteiger partial charge on any atom is -0.352 e. The molecule has 0 unspecified atom stereocenters. The fourth-order valence-electron chi connectivity index (χ4n) is 4.45. The van der Waals surface area contributed by atoms with Crippen LogP contribution in [0.4, 0.5) is 0 Å². The van der Waals surface area contributed by atoms with Crippen molar-refractivity contribution < 1.29 is 0 Å². The van der Waals surface area contributed by atoms with Gasteiger partial charge < -0.3 is 9.80 Å². The van der Waals surface area contributed by atoms with E-state index in [-0.39, 0.29) is 0 Å². The van der Waals surface area contributed by atoms with Crippen LogP contribution in [0, 0.1) is 0 Å². The summed E-state index contributed by atoms with van der Waals surface area (Å²) in [6, 6.07) is 1.24. The first-order chi connectivity index (χ1) is 12.8. The molecule has 0 aromatic heterocycles. The first kappa shape index (κ1) is 18.7. The van der Waals surface area contributed by atoms with Crippen molar-refractivity contribution in [3.05, 3.63) is 11.1 Å². The maximum absolute atomic E-state index is 5.28. The highest BCUT2D eigenvalue weighted by molar-refractivity contribution is 8.17. The lowest BCUT2D eigenvalue weighted by atomic mass is 9.94. The van der Waals surface area contributed by atoms with Crippen LogP contribution >= 0.6 is 23.5 Å². The summed E-state index contributed by atoms with van der Waals surface area (Å²) in [4.78, 5) is 14.8. The van der Waals surface area contributed by atoms with Crippen molar-refractivity contribution in [3.63, 3.8) is 0 Å². The molecular formula is C20H32N4S2. The molecule has 6 heteroatoms. The van der Waals surface area contributed by atoms with Gasteiger partial charge in [-0.05, 0) is 31.1 Å². The minimum atomic E-state index is 0.549. The van der Waals surface area contributed by atoms with E-state index in [1.54, 1.807) is 11.8 Å². The quantitative estimate of drug-likeness (QED) is 0.501. The van der Waals surface area contributed by atoms with Crippen LogP contribution in [0.25, 0.3) is 0 Å². The molecule has 2 aliphatic carbocycles. The average Bonchev–Trinajstić information content (AvgIpc) is 3.30. The predicted molar refractivity (Wildman–Crippen MR) is 116 cm³/mol. The van der Waals surface area contributed by atoms with Crippen LogP contribution in [0.1, 0.15) is 64.2 Å². The van der Waals surface area contributed by atoms with E-state index in [0.717, 1.165) is 18.8 Å². The molecule has 2 aliphatic heterocycles. The molecule has 2 heterocycles. The maximum atomic E-state index is 5.28. The van der Waals surface area contributed by atoms with Gasteiger partial charge in [-0.2, -0.15) is 0 Å². The van der Waals surface area contributed by atoms with Gasteiger partial charge in [0.15, 0.2) is 10.3 Å². The van der Waals surface area contributed by atoms with Crippen LogP contribution in [-0.2, 0) is 0 Å². The standard InChI is InChI=1S/C20H32N4S2/c1-23(17-10-6-3-7-11-17)20(22-16-8-4-2-5-9-16)26-15-18-14-25-19-21-12-13-24(18)19/h14,16-17H,2-13,15H2,1H3. The Morgan fingerprint density at radius 2 is 1.92 bits per heavy atom. The van der Waals surface area contributed by atoms with Crippen LogP contribution in [0.5, 0.6) is 0 Å². The summed E-state index contributed by atoms with van der Waals surface area (Å²) >= 11 is 3.75. The Balaban J connectivity index is 1.43. The second-order valence-electron chi connectivity index (χ2n) is 7.94. The van der Waals surface area contributed by atoms with Crippen molar-refractivity contribution >= 4 is 33.9 Å². The number of rotatable bonds is 4. The lowest BCUT2D eigenvalue weighted by Gasteiger charge is -2.34. The van der Waals surface area contributed by atoms with Crippen LogP contribution in [0.15, 0.2) is 21.1 Å². The molecule has 2 fully saturated rings. The Morgan fingerprint density at radius 1 is 1.19 bits per heavy atom. The van der Waals surface area contributed by atoms with Gasteiger partial charge in [-0.1, -0.05) is 62.0 Å². The van der Waals surface area contributed by atoms with Crippen molar-refractivity contribution in [1.29, 1.82) is 0 Å². The van der Waals surface area contributed by atoms with E-state index in [2.05, 4.69) is 27.2 Å². The van der Waals surface area contributed by atoms with E-state index in [0.29, 0.717) is 12.1 Å². The zero-order chi connectivity index (χ0) is 17.8. The first-order valence-corrected chi connectivity index (χ1v) is 12.3. The second kappa shape index (κ2) is 9.05. The van der Waals surface area contributed by atoms with Gasteiger partial charge in [0.05, 0.1) is 12.6 Å². The lowest BCUT2D eigenvalue weighted by Crippen LogP contribution is -2.38. The SMILES string of the molecule is CN(C(=NC1CCCCC1)SCC1=CSC2=NCCN12)C1CCCCC1.